The highest BCUT2D eigenvalue weighted by Crippen LogP contribution is 2.44. The molecule has 2 unspecified atom stereocenters. The molecule has 1 aromatic carbocycles. The van der Waals surface area contributed by atoms with E-state index in [9.17, 15) is 9.50 Å². The van der Waals surface area contributed by atoms with E-state index in [-0.39, 0.29) is 51.4 Å². The number of aliphatic hydroxyl groups excluding tert-OH is 1. The van der Waals surface area contributed by atoms with Gasteiger partial charge in [-0.2, -0.15) is 9.97 Å². The fourth-order valence-electron chi connectivity index (χ4n) is 6.54. The summed E-state index contributed by atoms with van der Waals surface area (Å²) in [5.74, 6) is 0.0407. The zero-order chi connectivity index (χ0) is 22.9. The van der Waals surface area contributed by atoms with E-state index in [1.165, 1.54) is 0 Å². The molecule has 2 bridgehead atoms. The molecule has 10 heteroatoms. The molecule has 4 fully saturated rings. The molecule has 0 saturated carbocycles. The number of hydrogen-bond acceptors (Lipinski definition) is 6. The summed E-state index contributed by atoms with van der Waals surface area (Å²) in [5.41, 5.74) is -0.196. The van der Waals surface area contributed by atoms with Gasteiger partial charge in [0.2, 0.25) is 0 Å². The monoisotopic (exact) mass is 542 g/mol. The van der Waals surface area contributed by atoms with Gasteiger partial charge in [0.25, 0.3) is 0 Å². The molecule has 2 aromatic rings. The van der Waals surface area contributed by atoms with E-state index in [0.29, 0.717) is 37.0 Å². The third kappa shape index (κ3) is 3.61. The standard InChI is InChI=1S/C23H26BrClF2N4O2/c24-18-17(25)8-16-20(19(18)27)28-22(33-11-23-4-1-5-30(23)10-12(26)9-23)29-21(16)31-13-2-3-14(31)7-15(32)6-13/h8,12-15,32H,1-7,9-11H2/t12-,13?,14?,15?,23+/m1/s1. The van der Waals surface area contributed by atoms with Crippen LogP contribution in [0.25, 0.3) is 10.9 Å². The molecule has 178 valence electrons. The van der Waals surface area contributed by atoms with E-state index in [4.69, 9.17) is 21.3 Å². The van der Waals surface area contributed by atoms with Crippen LogP contribution in [-0.4, -0.2) is 69.6 Å². The van der Waals surface area contributed by atoms with Crippen molar-refractivity contribution in [2.75, 3.05) is 24.6 Å². The number of benzene rings is 1. The Kier molecular flexibility index (Phi) is 5.47. The van der Waals surface area contributed by atoms with Crippen LogP contribution >= 0.6 is 27.5 Å². The Morgan fingerprint density at radius 3 is 2.79 bits per heavy atom. The summed E-state index contributed by atoms with van der Waals surface area (Å²) < 4.78 is 35.7. The molecule has 1 N–H and O–H groups in total. The van der Waals surface area contributed by atoms with Crippen LogP contribution in [0.2, 0.25) is 5.02 Å². The van der Waals surface area contributed by atoms with E-state index in [1.54, 1.807) is 6.07 Å². The van der Waals surface area contributed by atoms with Crippen molar-refractivity contribution in [3.63, 3.8) is 0 Å². The van der Waals surface area contributed by atoms with Gasteiger partial charge in [0.15, 0.2) is 5.82 Å². The van der Waals surface area contributed by atoms with Crippen molar-refractivity contribution in [3.8, 4) is 6.01 Å². The molecule has 4 saturated heterocycles. The van der Waals surface area contributed by atoms with Gasteiger partial charge in [0.05, 0.1) is 21.1 Å². The molecule has 4 aliphatic rings. The number of aliphatic hydroxyl groups is 1. The Labute approximate surface area is 204 Å². The van der Waals surface area contributed by atoms with E-state index >= 15 is 4.39 Å². The van der Waals surface area contributed by atoms with Gasteiger partial charge in [0, 0.05) is 30.4 Å². The van der Waals surface area contributed by atoms with Crippen LogP contribution in [0.1, 0.15) is 44.9 Å². The second-order valence-electron chi connectivity index (χ2n) is 9.99. The predicted molar refractivity (Wildman–Crippen MR) is 125 cm³/mol. The maximum atomic E-state index is 15.3. The lowest BCUT2D eigenvalue weighted by molar-refractivity contribution is 0.107. The van der Waals surface area contributed by atoms with E-state index in [1.807, 2.05) is 0 Å². The third-order valence-corrected chi connectivity index (χ3v) is 9.27. The first-order valence-corrected chi connectivity index (χ1v) is 12.9. The smallest absolute Gasteiger partial charge is 0.319 e. The van der Waals surface area contributed by atoms with Crippen molar-refractivity contribution in [2.45, 2.75) is 74.8 Å². The maximum Gasteiger partial charge on any atom is 0.319 e. The van der Waals surface area contributed by atoms with Gasteiger partial charge in [-0.05, 0) is 67.1 Å². The second-order valence-corrected chi connectivity index (χ2v) is 11.2. The Hall–Kier alpha value is -1.29. The first kappa shape index (κ1) is 22.2. The second kappa shape index (κ2) is 8.14. The molecule has 33 heavy (non-hydrogen) atoms. The van der Waals surface area contributed by atoms with Crippen LogP contribution in [-0.2, 0) is 0 Å². The average Bonchev–Trinajstić information content (AvgIpc) is 3.38. The molecule has 0 spiro atoms. The van der Waals surface area contributed by atoms with E-state index < -0.39 is 12.0 Å². The van der Waals surface area contributed by atoms with Crippen molar-refractivity contribution in [1.82, 2.24) is 14.9 Å². The van der Waals surface area contributed by atoms with Crippen molar-refractivity contribution in [1.29, 1.82) is 0 Å². The summed E-state index contributed by atoms with van der Waals surface area (Å²) in [5, 5.41) is 11.0. The molecule has 0 aliphatic carbocycles. The van der Waals surface area contributed by atoms with Crippen molar-refractivity contribution >= 4 is 44.3 Å². The molecule has 4 aliphatic heterocycles. The van der Waals surface area contributed by atoms with Crippen LogP contribution in [0.4, 0.5) is 14.6 Å². The maximum absolute atomic E-state index is 15.3. The normalized spacial score (nSPS) is 33.8. The van der Waals surface area contributed by atoms with E-state index in [0.717, 1.165) is 32.2 Å². The number of piperidine rings is 1. The number of aromatic nitrogens is 2. The highest BCUT2D eigenvalue weighted by Gasteiger charge is 2.49. The minimum Gasteiger partial charge on any atom is -0.461 e. The minimum atomic E-state index is -0.854. The summed E-state index contributed by atoms with van der Waals surface area (Å²) in [6, 6.07) is 2.04. The Morgan fingerprint density at radius 2 is 2.03 bits per heavy atom. The average molecular weight is 544 g/mol. The first-order valence-electron chi connectivity index (χ1n) is 11.7. The van der Waals surface area contributed by atoms with Gasteiger partial charge in [-0.1, -0.05) is 11.6 Å². The highest BCUT2D eigenvalue weighted by atomic mass is 79.9. The Morgan fingerprint density at radius 1 is 1.27 bits per heavy atom. The molecule has 0 amide bonds. The molecule has 6 rings (SSSR count). The summed E-state index contributed by atoms with van der Waals surface area (Å²) in [6.45, 7) is 1.58. The van der Waals surface area contributed by atoms with Crippen molar-refractivity contribution in [3.05, 3.63) is 21.4 Å². The van der Waals surface area contributed by atoms with Gasteiger partial charge in [-0.15, -0.1) is 0 Å². The van der Waals surface area contributed by atoms with Crippen molar-refractivity contribution < 1.29 is 18.6 Å². The number of ether oxygens (including phenoxy) is 1. The summed E-state index contributed by atoms with van der Waals surface area (Å²) >= 11 is 9.52. The molecule has 0 radical (unpaired) electrons. The van der Waals surface area contributed by atoms with E-state index in [2.05, 4.69) is 30.7 Å². The van der Waals surface area contributed by atoms with Gasteiger partial charge in [-0.25, -0.2) is 8.78 Å². The van der Waals surface area contributed by atoms with Crippen LogP contribution in [0.5, 0.6) is 6.01 Å². The number of anilines is 1. The van der Waals surface area contributed by atoms with Crippen molar-refractivity contribution in [2.24, 2.45) is 0 Å². The number of rotatable bonds is 4. The molecule has 5 heterocycles. The summed E-state index contributed by atoms with van der Waals surface area (Å²) in [6.07, 6.45) is 4.35. The molecule has 4 atom stereocenters. The van der Waals surface area contributed by atoms with Gasteiger partial charge in [0.1, 0.15) is 24.1 Å². The van der Waals surface area contributed by atoms with Crippen LogP contribution in [0, 0.1) is 5.82 Å². The Balaban J connectivity index is 1.41. The Bertz CT molecular complexity index is 1100. The summed E-state index contributed by atoms with van der Waals surface area (Å²) in [4.78, 5) is 13.5. The fourth-order valence-corrected chi connectivity index (χ4v) is 7.03. The summed E-state index contributed by atoms with van der Waals surface area (Å²) in [7, 11) is 0. The number of fused-ring (bicyclic) bond motifs is 4. The van der Waals surface area contributed by atoms with Gasteiger partial charge < -0.3 is 14.7 Å². The zero-order valence-electron chi connectivity index (χ0n) is 18.1. The zero-order valence-corrected chi connectivity index (χ0v) is 20.5. The predicted octanol–water partition coefficient (Wildman–Crippen LogP) is 4.63. The van der Waals surface area contributed by atoms with Gasteiger partial charge >= 0.3 is 6.01 Å². The minimum absolute atomic E-state index is 0.0969. The first-order chi connectivity index (χ1) is 15.8. The highest BCUT2D eigenvalue weighted by molar-refractivity contribution is 9.10. The molecular formula is C23H26BrClF2N4O2. The van der Waals surface area contributed by atoms with Gasteiger partial charge in [-0.3, -0.25) is 4.90 Å². The third-order valence-electron chi connectivity index (χ3n) is 7.97. The number of halogens is 4. The SMILES string of the molecule is OC1CC2CCC(C1)N2c1nc(OC[C@@]23CCCN2C[C@H](F)C3)nc2c(F)c(Br)c(Cl)cc12. The quantitative estimate of drug-likeness (QED) is 0.568. The van der Waals surface area contributed by atoms with Crippen LogP contribution in [0.15, 0.2) is 10.5 Å². The fraction of sp³-hybridized carbons (Fsp3) is 0.652. The topological polar surface area (TPSA) is 61.7 Å². The lowest BCUT2D eigenvalue weighted by Gasteiger charge is -2.38. The lowest BCUT2D eigenvalue weighted by Crippen LogP contribution is -2.45. The largest absolute Gasteiger partial charge is 0.461 e. The molecule has 6 nitrogen and oxygen atoms in total. The molecular weight excluding hydrogens is 518 g/mol. The number of hydrogen-bond donors (Lipinski definition) is 1. The van der Waals surface area contributed by atoms with Crippen LogP contribution < -0.4 is 9.64 Å². The molecule has 1 aromatic heterocycles. The lowest BCUT2D eigenvalue weighted by atomic mass is 9.95. The van der Waals surface area contributed by atoms with Crippen LogP contribution in [0.3, 0.4) is 0 Å². The number of alkyl halides is 1. The number of nitrogens with zero attached hydrogens (tertiary/aromatic N) is 4.